The van der Waals surface area contributed by atoms with Gasteiger partial charge < -0.3 is 10.4 Å². The Morgan fingerprint density at radius 1 is 1.24 bits per heavy atom. The molecule has 1 saturated carbocycles. The van der Waals surface area contributed by atoms with Crippen molar-refractivity contribution in [1.29, 1.82) is 0 Å². The van der Waals surface area contributed by atoms with Gasteiger partial charge in [-0.25, -0.2) is 0 Å². The molecule has 2 N–H and O–H groups in total. The van der Waals surface area contributed by atoms with Crippen LogP contribution in [0.25, 0.3) is 10.9 Å². The molecule has 112 valence electrons. The molecule has 3 nitrogen and oxygen atoms in total. The Hall–Kier alpha value is -0.970. The van der Waals surface area contributed by atoms with E-state index in [4.69, 9.17) is 0 Å². The van der Waals surface area contributed by atoms with Crippen LogP contribution in [-0.4, -0.2) is 23.2 Å². The van der Waals surface area contributed by atoms with Crippen molar-refractivity contribution in [3.8, 4) is 0 Å². The number of aromatic nitrogens is 1. The van der Waals surface area contributed by atoms with Crippen LogP contribution < -0.4 is 5.32 Å². The van der Waals surface area contributed by atoms with Gasteiger partial charge in [0.25, 0.3) is 0 Å². The fraction of sp³-hybridized carbons (Fsp3) is 0.471. The third-order valence-electron chi connectivity index (χ3n) is 4.62. The molecule has 0 bridgehead atoms. The summed E-state index contributed by atoms with van der Waals surface area (Å²) in [6.45, 7) is 1.97. The maximum absolute atomic E-state index is 9.66. The predicted molar refractivity (Wildman–Crippen MR) is 89.1 cm³/mol. The lowest BCUT2D eigenvalue weighted by Crippen LogP contribution is -2.34. The molecule has 4 heteroatoms. The molecule has 0 atom stereocenters. The molecule has 2 aromatic rings. The highest BCUT2D eigenvalue weighted by atomic mass is 79.9. The van der Waals surface area contributed by atoms with Crippen LogP contribution in [0.4, 0.5) is 0 Å². The molecule has 1 aliphatic rings. The van der Waals surface area contributed by atoms with E-state index < -0.39 is 0 Å². The van der Waals surface area contributed by atoms with Gasteiger partial charge in [0.2, 0.25) is 0 Å². The van der Waals surface area contributed by atoms with E-state index in [1.54, 1.807) is 0 Å². The highest BCUT2D eigenvalue weighted by molar-refractivity contribution is 9.10. The van der Waals surface area contributed by atoms with E-state index in [1.165, 1.54) is 18.4 Å². The van der Waals surface area contributed by atoms with Crippen LogP contribution in [-0.2, 0) is 6.54 Å². The van der Waals surface area contributed by atoms with E-state index in [0.717, 1.165) is 41.3 Å². The molecular weight excluding hydrogens is 328 g/mol. The Kier molecular flexibility index (Phi) is 4.57. The fourth-order valence-electron chi connectivity index (χ4n) is 3.32. The minimum absolute atomic E-state index is 0.0958. The van der Waals surface area contributed by atoms with E-state index in [9.17, 15) is 5.11 Å². The minimum Gasteiger partial charge on any atom is -0.396 e. The smallest absolute Gasteiger partial charge is 0.0758 e. The Labute approximate surface area is 133 Å². The number of benzene rings is 1. The van der Waals surface area contributed by atoms with Gasteiger partial charge in [-0.2, -0.15) is 0 Å². The normalized spacial score (nSPS) is 17.4. The SMILES string of the molecule is OCC1(CNCc2ccc(Br)c3cccnc23)CCCC1. The molecule has 1 aromatic heterocycles. The number of nitrogens with zero attached hydrogens (tertiary/aromatic N) is 1. The first kappa shape index (κ1) is 14.9. The van der Waals surface area contributed by atoms with Gasteiger partial charge in [0.05, 0.1) is 5.52 Å². The molecular formula is C17H21BrN2O. The third-order valence-corrected chi connectivity index (χ3v) is 5.31. The van der Waals surface area contributed by atoms with Crippen LogP contribution in [0.1, 0.15) is 31.2 Å². The van der Waals surface area contributed by atoms with Gasteiger partial charge in [-0.05, 0) is 30.5 Å². The number of hydrogen-bond acceptors (Lipinski definition) is 3. The summed E-state index contributed by atoms with van der Waals surface area (Å²) in [6.07, 6.45) is 6.59. The van der Waals surface area contributed by atoms with Gasteiger partial charge in [0.15, 0.2) is 0 Å². The summed E-state index contributed by atoms with van der Waals surface area (Å²) < 4.78 is 1.08. The predicted octanol–water partition coefficient (Wildman–Crippen LogP) is 3.64. The number of rotatable bonds is 5. The maximum atomic E-state index is 9.66. The van der Waals surface area contributed by atoms with E-state index in [2.05, 4.69) is 44.4 Å². The molecule has 3 rings (SSSR count). The average molecular weight is 349 g/mol. The van der Waals surface area contributed by atoms with E-state index in [0.29, 0.717) is 6.61 Å². The van der Waals surface area contributed by atoms with Gasteiger partial charge in [-0.15, -0.1) is 0 Å². The topological polar surface area (TPSA) is 45.1 Å². The highest BCUT2D eigenvalue weighted by Crippen LogP contribution is 2.37. The molecule has 0 radical (unpaired) electrons. The van der Waals surface area contributed by atoms with E-state index in [-0.39, 0.29) is 5.41 Å². The maximum Gasteiger partial charge on any atom is 0.0758 e. The second-order valence-corrected chi connectivity index (χ2v) is 6.93. The lowest BCUT2D eigenvalue weighted by atomic mass is 9.87. The van der Waals surface area contributed by atoms with Gasteiger partial charge >= 0.3 is 0 Å². The summed E-state index contributed by atoms with van der Waals surface area (Å²) in [6, 6.07) is 8.25. The number of pyridine rings is 1. The van der Waals surface area contributed by atoms with E-state index in [1.807, 2.05) is 12.3 Å². The lowest BCUT2D eigenvalue weighted by Gasteiger charge is -2.26. The molecule has 1 heterocycles. The summed E-state index contributed by atoms with van der Waals surface area (Å²) >= 11 is 3.58. The molecule has 0 unspecified atom stereocenters. The zero-order valence-corrected chi connectivity index (χ0v) is 13.7. The largest absolute Gasteiger partial charge is 0.396 e. The van der Waals surface area contributed by atoms with Crippen molar-refractivity contribution in [2.45, 2.75) is 32.2 Å². The number of fused-ring (bicyclic) bond motifs is 1. The first-order valence-corrected chi connectivity index (χ1v) is 8.37. The standard InChI is InChI=1S/C17H21BrN2O/c18-15-6-5-13(16-14(15)4-3-9-20-16)10-19-11-17(12-21)7-1-2-8-17/h3-6,9,19,21H,1-2,7-8,10-12H2. The summed E-state index contributed by atoms with van der Waals surface area (Å²) in [5.74, 6) is 0. The average Bonchev–Trinajstić information content (AvgIpc) is 2.99. The van der Waals surface area contributed by atoms with Crippen molar-refractivity contribution in [2.75, 3.05) is 13.2 Å². The Morgan fingerprint density at radius 3 is 2.81 bits per heavy atom. The molecule has 0 saturated heterocycles. The lowest BCUT2D eigenvalue weighted by molar-refractivity contribution is 0.128. The summed E-state index contributed by atoms with van der Waals surface area (Å²) in [5.41, 5.74) is 2.35. The van der Waals surface area contributed by atoms with Crippen molar-refractivity contribution >= 4 is 26.8 Å². The monoisotopic (exact) mass is 348 g/mol. The number of nitrogens with one attached hydrogen (secondary N) is 1. The molecule has 1 aliphatic carbocycles. The minimum atomic E-state index is 0.0958. The van der Waals surface area contributed by atoms with Gasteiger partial charge in [0, 0.05) is 41.2 Å². The zero-order chi connectivity index (χ0) is 14.7. The molecule has 1 fully saturated rings. The van der Waals surface area contributed by atoms with Crippen LogP contribution in [0.2, 0.25) is 0 Å². The summed E-state index contributed by atoms with van der Waals surface area (Å²) in [4.78, 5) is 4.51. The zero-order valence-electron chi connectivity index (χ0n) is 12.1. The number of aliphatic hydroxyl groups excluding tert-OH is 1. The van der Waals surface area contributed by atoms with Crippen LogP contribution in [0.15, 0.2) is 34.9 Å². The van der Waals surface area contributed by atoms with Crippen molar-refractivity contribution in [3.63, 3.8) is 0 Å². The third kappa shape index (κ3) is 3.12. The fourth-order valence-corrected chi connectivity index (χ4v) is 3.77. The summed E-state index contributed by atoms with van der Waals surface area (Å²) in [7, 11) is 0. The second kappa shape index (κ2) is 6.42. The first-order valence-electron chi connectivity index (χ1n) is 7.58. The summed E-state index contributed by atoms with van der Waals surface area (Å²) in [5, 5.41) is 14.3. The molecule has 21 heavy (non-hydrogen) atoms. The molecule has 0 amide bonds. The van der Waals surface area contributed by atoms with Gasteiger partial charge in [-0.3, -0.25) is 4.98 Å². The number of hydrogen-bond donors (Lipinski definition) is 2. The Bertz CT molecular complexity index is 623. The Morgan fingerprint density at radius 2 is 2.05 bits per heavy atom. The number of aliphatic hydroxyl groups is 1. The van der Waals surface area contributed by atoms with Crippen molar-refractivity contribution in [2.24, 2.45) is 5.41 Å². The highest BCUT2D eigenvalue weighted by Gasteiger charge is 2.32. The molecule has 0 aliphatic heterocycles. The van der Waals surface area contributed by atoms with Crippen molar-refractivity contribution < 1.29 is 5.11 Å². The number of halogens is 1. The Balaban J connectivity index is 1.72. The van der Waals surface area contributed by atoms with Gasteiger partial charge in [0.1, 0.15) is 0 Å². The van der Waals surface area contributed by atoms with Gasteiger partial charge in [-0.1, -0.05) is 40.9 Å². The van der Waals surface area contributed by atoms with Crippen LogP contribution in [0, 0.1) is 5.41 Å². The van der Waals surface area contributed by atoms with Crippen LogP contribution >= 0.6 is 15.9 Å². The van der Waals surface area contributed by atoms with Crippen LogP contribution in [0.3, 0.4) is 0 Å². The second-order valence-electron chi connectivity index (χ2n) is 6.07. The van der Waals surface area contributed by atoms with E-state index >= 15 is 0 Å². The molecule has 0 spiro atoms. The molecule has 1 aromatic carbocycles. The first-order chi connectivity index (χ1) is 10.2. The van der Waals surface area contributed by atoms with Crippen LogP contribution in [0.5, 0.6) is 0 Å². The van der Waals surface area contributed by atoms with Crippen molar-refractivity contribution in [1.82, 2.24) is 10.3 Å². The van der Waals surface area contributed by atoms with Crippen molar-refractivity contribution in [3.05, 3.63) is 40.5 Å². The quantitative estimate of drug-likeness (QED) is 0.866.